The first-order valence-electron chi connectivity index (χ1n) is 10.4. The first kappa shape index (κ1) is 25.1. The van der Waals surface area contributed by atoms with Gasteiger partial charge in [-0.1, -0.05) is 0 Å². The number of ketones is 1. The zero-order valence-electron chi connectivity index (χ0n) is 19.4. The van der Waals surface area contributed by atoms with E-state index in [-0.39, 0.29) is 47.9 Å². The number of likely N-dealkylation sites (tertiary alicyclic amines) is 1. The second-order valence-corrected chi connectivity index (χ2v) is 9.85. The number of piperidine rings is 1. The van der Waals surface area contributed by atoms with Gasteiger partial charge in [0, 0.05) is 31.2 Å². The lowest BCUT2D eigenvalue weighted by molar-refractivity contribution is -0.151. The lowest BCUT2D eigenvalue weighted by Gasteiger charge is -2.55. The van der Waals surface area contributed by atoms with Crippen LogP contribution in [-0.4, -0.2) is 65.8 Å². The molecule has 0 spiro atoms. The maximum atomic E-state index is 12.0. The van der Waals surface area contributed by atoms with Crippen molar-refractivity contribution in [3.05, 3.63) is 0 Å². The summed E-state index contributed by atoms with van der Waals surface area (Å²) in [5.41, 5.74) is -0.963. The van der Waals surface area contributed by atoms with Crippen LogP contribution in [0.3, 0.4) is 0 Å². The molecule has 1 saturated heterocycles. The molecule has 1 heterocycles. The van der Waals surface area contributed by atoms with Gasteiger partial charge in [-0.05, 0) is 68.2 Å². The van der Waals surface area contributed by atoms with Gasteiger partial charge in [0.15, 0.2) is 5.78 Å². The summed E-state index contributed by atoms with van der Waals surface area (Å²) < 4.78 is 16.7. The fraction of sp³-hybridized carbons (Fsp3) is 0.909. The third-order valence-corrected chi connectivity index (χ3v) is 5.70. The van der Waals surface area contributed by atoms with Crippen molar-refractivity contribution in [3.8, 4) is 0 Å². The van der Waals surface area contributed by atoms with Crippen LogP contribution in [0, 0.1) is 0 Å². The van der Waals surface area contributed by atoms with E-state index >= 15 is 0 Å². The Hall–Kier alpha value is -0.980. The van der Waals surface area contributed by atoms with Crippen LogP contribution in [0.2, 0.25) is 0 Å². The average Bonchev–Trinajstić information content (AvgIpc) is 2.53. The van der Waals surface area contributed by atoms with Gasteiger partial charge in [0.05, 0.1) is 18.6 Å². The van der Waals surface area contributed by atoms with Crippen LogP contribution < -0.4 is 0 Å². The summed E-state index contributed by atoms with van der Waals surface area (Å²) in [6, 6.07) is 0. The van der Waals surface area contributed by atoms with Crippen LogP contribution in [-0.2, 0) is 23.8 Å². The lowest BCUT2D eigenvalue weighted by Crippen LogP contribution is -2.63. The summed E-state index contributed by atoms with van der Waals surface area (Å²) in [7, 11) is 1.50. The number of hydrogen-bond donors (Lipinski definition) is 0. The van der Waals surface area contributed by atoms with E-state index in [0.717, 1.165) is 12.8 Å². The van der Waals surface area contributed by atoms with Gasteiger partial charge < -0.3 is 14.2 Å². The number of carbonyl (C=O) groups excluding carboxylic acids is 2. The van der Waals surface area contributed by atoms with Gasteiger partial charge in [0.1, 0.15) is 12.2 Å². The van der Waals surface area contributed by atoms with Crippen LogP contribution in [0.4, 0.5) is 0 Å². The minimum atomic E-state index is -0.864. The second kappa shape index (κ2) is 9.68. The molecule has 0 unspecified atom stereocenters. The fourth-order valence-corrected chi connectivity index (χ4v) is 4.27. The van der Waals surface area contributed by atoms with Crippen LogP contribution in [0.15, 0.2) is 0 Å². The molecular formula is C22H41NO5. The molecule has 6 heteroatoms. The number of nitrogens with zero attached hydrogens (tertiary/aromatic N) is 1. The molecule has 0 aliphatic carbocycles. The van der Waals surface area contributed by atoms with Crippen LogP contribution in [0.25, 0.3) is 0 Å². The molecule has 0 aromatic rings. The Morgan fingerprint density at radius 2 is 1.61 bits per heavy atom. The highest BCUT2D eigenvalue weighted by molar-refractivity contribution is 5.89. The van der Waals surface area contributed by atoms with Gasteiger partial charge in [-0.3, -0.25) is 14.5 Å². The predicted molar refractivity (Wildman–Crippen MR) is 110 cm³/mol. The largest absolute Gasteiger partial charge is 0.464 e. The van der Waals surface area contributed by atoms with Crippen molar-refractivity contribution in [3.63, 3.8) is 0 Å². The van der Waals surface area contributed by atoms with Crippen LogP contribution in [0.1, 0.15) is 81.1 Å². The molecule has 0 amide bonds. The van der Waals surface area contributed by atoms with E-state index in [1.165, 1.54) is 7.11 Å². The highest BCUT2D eigenvalue weighted by Crippen LogP contribution is 2.39. The monoisotopic (exact) mass is 399 g/mol. The predicted octanol–water partition coefficient (Wildman–Crippen LogP) is 3.75. The number of hydrogen-bond acceptors (Lipinski definition) is 6. The second-order valence-electron chi connectivity index (χ2n) is 9.85. The van der Waals surface area contributed by atoms with Gasteiger partial charge in [0.2, 0.25) is 0 Å². The molecule has 1 rings (SSSR count). The van der Waals surface area contributed by atoms with Gasteiger partial charge in [0.25, 0.3) is 0 Å². The first-order chi connectivity index (χ1) is 12.7. The quantitative estimate of drug-likeness (QED) is 0.521. The minimum absolute atomic E-state index is 0.0494. The summed E-state index contributed by atoms with van der Waals surface area (Å²) in [6.45, 7) is 17.4. The Morgan fingerprint density at radius 3 is 2.07 bits per heavy atom. The molecule has 28 heavy (non-hydrogen) atoms. The normalized spacial score (nSPS) is 20.4. The minimum Gasteiger partial charge on any atom is -0.464 e. The topological polar surface area (TPSA) is 65.1 Å². The molecular weight excluding hydrogens is 358 g/mol. The fourth-order valence-electron chi connectivity index (χ4n) is 4.27. The summed E-state index contributed by atoms with van der Waals surface area (Å²) in [5, 5.41) is 0. The molecule has 6 nitrogen and oxygen atoms in total. The zero-order valence-corrected chi connectivity index (χ0v) is 19.4. The highest BCUT2D eigenvalue weighted by Gasteiger charge is 2.45. The standard InChI is InChI=1S/C22H41NO5/c1-16(2)28-17-14-20(3,4)23(21(5,6)15-17)12-13-27-19(25)11-10-18(24)22(7,8)26-9/h16-17H,10-15H2,1-9H3. The van der Waals surface area contributed by atoms with E-state index in [4.69, 9.17) is 14.2 Å². The van der Waals surface area contributed by atoms with Gasteiger partial charge in [-0.15, -0.1) is 0 Å². The Balaban J connectivity index is 2.53. The van der Waals surface area contributed by atoms with E-state index in [0.29, 0.717) is 13.2 Å². The van der Waals surface area contributed by atoms with E-state index in [1.807, 2.05) is 0 Å². The van der Waals surface area contributed by atoms with Crippen molar-refractivity contribution in [1.29, 1.82) is 0 Å². The van der Waals surface area contributed by atoms with Crippen molar-refractivity contribution >= 4 is 11.8 Å². The molecule has 0 radical (unpaired) electrons. The van der Waals surface area contributed by atoms with Crippen LogP contribution >= 0.6 is 0 Å². The maximum Gasteiger partial charge on any atom is 0.306 e. The number of carbonyl (C=O) groups is 2. The van der Waals surface area contributed by atoms with Crippen molar-refractivity contribution in [1.82, 2.24) is 4.90 Å². The van der Waals surface area contributed by atoms with E-state index in [9.17, 15) is 9.59 Å². The SMILES string of the molecule is COC(C)(C)C(=O)CCC(=O)OCCN1C(C)(C)CC(OC(C)C)CC1(C)C. The van der Waals surface area contributed by atoms with Gasteiger partial charge >= 0.3 is 5.97 Å². The Morgan fingerprint density at radius 1 is 1.07 bits per heavy atom. The Bertz CT molecular complexity index is 521. The number of Topliss-reactive ketones (excluding diaryl/α,β-unsaturated/α-hetero) is 1. The number of methoxy groups -OCH3 is 1. The number of ether oxygens (including phenoxy) is 3. The molecule has 0 aromatic carbocycles. The summed E-state index contributed by atoms with van der Waals surface area (Å²) in [4.78, 5) is 26.5. The van der Waals surface area contributed by atoms with Crippen molar-refractivity contribution < 1.29 is 23.8 Å². The Labute approximate surface area is 171 Å². The number of esters is 1. The highest BCUT2D eigenvalue weighted by atomic mass is 16.5. The summed E-state index contributed by atoms with van der Waals surface area (Å²) in [5.74, 6) is -0.435. The molecule has 0 atom stereocenters. The molecule has 0 aromatic heterocycles. The zero-order chi connectivity index (χ0) is 21.8. The number of rotatable bonds is 10. The Kier molecular flexibility index (Phi) is 8.66. The lowest BCUT2D eigenvalue weighted by atomic mass is 9.78. The summed E-state index contributed by atoms with van der Waals surface area (Å²) in [6.07, 6.45) is 2.57. The third-order valence-electron chi connectivity index (χ3n) is 5.70. The molecule has 1 aliphatic heterocycles. The van der Waals surface area contributed by atoms with Gasteiger partial charge in [-0.2, -0.15) is 0 Å². The maximum absolute atomic E-state index is 12.0. The molecule has 164 valence electrons. The molecule has 0 bridgehead atoms. The van der Waals surface area contributed by atoms with Gasteiger partial charge in [-0.25, -0.2) is 0 Å². The van der Waals surface area contributed by atoms with E-state index in [2.05, 4.69) is 46.4 Å². The molecule has 1 aliphatic rings. The average molecular weight is 400 g/mol. The summed E-state index contributed by atoms with van der Waals surface area (Å²) >= 11 is 0. The molecule has 0 N–H and O–H groups in total. The van der Waals surface area contributed by atoms with E-state index < -0.39 is 5.60 Å². The van der Waals surface area contributed by atoms with Crippen LogP contribution in [0.5, 0.6) is 0 Å². The van der Waals surface area contributed by atoms with Crippen molar-refractivity contribution in [2.45, 2.75) is 110 Å². The molecule has 0 saturated carbocycles. The van der Waals surface area contributed by atoms with E-state index in [1.54, 1.807) is 13.8 Å². The smallest absolute Gasteiger partial charge is 0.306 e. The molecule has 1 fully saturated rings. The van der Waals surface area contributed by atoms with Crippen molar-refractivity contribution in [2.75, 3.05) is 20.3 Å². The third kappa shape index (κ3) is 7.12. The first-order valence-corrected chi connectivity index (χ1v) is 10.4. The van der Waals surface area contributed by atoms with Crippen molar-refractivity contribution in [2.24, 2.45) is 0 Å².